The lowest BCUT2D eigenvalue weighted by molar-refractivity contribution is -0.118. The fraction of sp³-hybridized carbons (Fsp3) is 0.160. The van der Waals surface area contributed by atoms with Crippen LogP contribution in [0.25, 0.3) is 0 Å². The van der Waals surface area contributed by atoms with Gasteiger partial charge in [0.05, 0.1) is 17.6 Å². The minimum Gasteiger partial charge on any atom is -0.321 e. The molecule has 0 saturated heterocycles. The maximum atomic E-state index is 12.8. The van der Waals surface area contributed by atoms with E-state index in [4.69, 9.17) is 0 Å². The van der Waals surface area contributed by atoms with E-state index in [-0.39, 0.29) is 36.3 Å². The van der Waals surface area contributed by atoms with Crippen molar-refractivity contribution in [2.24, 2.45) is 5.10 Å². The minimum absolute atomic E-state index is 0.149. The maximum Gasteiger partial charge on any atom is 0.271 e. The molecule has 2 aromatic carbocycles. The number of rotatable bonds is 5. The topological polar surface area (TPSA) is 104 Å². The van der Waals surface area contributed by atoms with E-state index in [0.717, 1.165) is 11.1 Å². The first-order chi connectivity index (χ1) is 15.9. The number of anilines is 3. The number of amides is 3. The Morgan fingerprint density at radius 2 is 1.67 bits per heavy atom. The highest BCUT2D eigenvalue weighted by Crippen LogP contribution is 2.25. The summed E-state index contributed by atoms with van der Waals surface area (Å²) < 4.78 is 0. The number of hydrogen-bond acceptors (Lipinski definition) is 5. The average molecular weight is 441 g/mol. The lowest BCUT2D eigenvalue weighted by atomic mass is 10.1. The first kappa shape index (κ1) is 21.9. The monoisotopic (exact) mass is 441 g/mol. The van der Waals surface area contributed by atoms with Crippen molar-refractivity contribution >= 4 is 40.5 Å². The van der Waals surface area contributed by atoms with Gasteiger partial charge in [-0.05, 0) is 67.4 Å². The van der Waals surface area contributed by atoms with Gasteiger partial charge in [-0.2, -0.15) is 5.10 Å². The van der Waals surface area contributed by atoms with Crippen molar-refractivity contribution in [1.29, 1.82) is 0 Å². The number of carbonyl (C=O) groups excluding carboxylic acids is 3. The van der Waals surface area contributed by atoms with Gasteiger partial charge in [-0.15, -0.1) is 0 Å². The molecule has 0 spiro atoms. The van der Waals surface area contributed by atoms with Crippen LogP contribution in [0.4, 0.5) is 17.1 Å². The van der Waals surface area contributed by atoms with Crippen molar-refractivity contribution in [2.75, 3.05) is 15.6 Å². The van der Waals surface area contributed by atoms with Crippen LogP contribution in [0.5, 0.6) is 0 Å². The van der Waals surface area contributed by atoms with Crippen molar-refractivity contribution in [3.8, 4) is 0 Å². The standard InChI is InChI=1S/C25H23N5O3/c1-16-5-6-17(2)22(14-16)30-23(31)12-11-21(29-30)25(33)27-19-9-7-18(8-10-19)24(32)28-20-4-3-13-26-15-20/h3-10,13-15H,11-12H2,1-2H3,(H,27,33)(H,28,32). The molecule has 33 heavy (non-hydrogen) atoms. The highest BCUT2D eigenvalue weighted by atomic mass is 16.2. The molecule has 3 amide bonds. The second-order valence-corrected chi connectivity index (χ2v) is 7.77. The van der Waals surface area contributed by atoms with Gasteiger partial charge in [0, 0.05) is 30.3 Å². The summed E-state index contributed by atoms with van der Waals surface area (Å²) in [4.78, 5) is 41.6. The average Bonchev–Trinajstić information content (AvgIpc) is 2.82. The zero-order chi connectivity index (χ0) is 23.4. The normalized spacial score (nSPS) is 13.3. The summed E-state index contributed by atoms with van der Waals surface area (Å²) in [7, 11) is 0. The molecule has 0 aliphatic carbocycles. The van der Waals surface area contributed by atoms with Gasteiger partial charge >= 0.3 is 0 Å². The second kappa shape index (κ2) is 9.44. The molecule has 0 fully saturated rings. The van der Waals surface area contributed by atoms with Crippen molar-refractivity contribution in [3.63, 3.8) is 0 Å². The van der Waals surface area contributed by atoms with Crippen LogP contribution in [0.2, 0.25) is 0 Å². The Hall–Kier alpha value is -4.33. The predicted octanol–water partition coefficient (Wildman–Crippen LogP) is 4.07. The Labute approximate surface area is 191 Å². The number of carbonyl (C=O) groups is 3. The molecule has 8 nitrogen and oxygen atoms in total. The molecular formula is C25H23N5O3. The number of hydrogen-bond donors (Lipinski definition) is 2. The van der Waals surface area contributed by atoms with E-state index in [9.17, 15) is 14.4 Å². The molecule has 0 saturated carbocycles. The van der Waals surface area contributed by atoms with Gasteiger partial charge in [0.25, 0.3) is 11.8 Å². The van der Waals surface area contributed by atoms with E-state index >= 15 is 0 Å². The quantitative estimate of drug-likeness (QED) is 0.623. The second-order valence-electron chi connectivity index (χ2n) is 7.77. The van der Waals surface area contributed by atoms with Gasteiger partial charge in [0.2, 0.25) is 5.91 Å². The first-order valence-corrected chi connectivity index (χ1v) is 10.5. The molecule has 0 bridgehead atoms. The van der Waals surface area contributed by atoms with Crippen LogP contribution >= 0.6 is 0 Å². The molecule has 1 aliphatic heterocycles. The van der Waals surface area contributed by atoms with Crippen LogP contribution in [0, 0.1) is 13.8 Å². The third-order valence-electron chi connectivity index (χ3n) is 5.21. The molecule has 2 heterocycles. The molecule has 4 rings (SSSR count). The van der Waals surface area contributed by atoms with E-state index in [1.807, 2.05) is 32.0 Å². The number of aryl methyl sites for hydroxylation is 2. The number of benzene rings is 2. The van der Waals surface area contributed by atoms with Crippen LogP contribution in [0.3, 0.4) is 0 Å². The molecule has 1 aromatic heterocycles. The Morgan fingerprint density at radius 1 is 0.909 bits per heavy atom. The number of hydrazone groups is 1. The predicted molar refractivity (Wildman–Crippen MR) is 127 cm³/mol. The van der Waals surface area contributed by atoms with Crippen LogP contribution in [0.1, 0.15) is 34.3 Å². The van der Waals surface area contributed by atoms with Gasteiger partial charge in [0.15, 0.2) is 0 Å². The van der Waals surface area contributed by atoms with Crippen LogP contribution in [-0.2, 0) is 9.59 Å². The molecule has 0 unspecified atom stereocenters. The molecule has 0 radical (unpaired) electrons. The molecular weight excluding hydrogens is 418 g/mol. The van der Waals surface area contributed by atoms with Crippen LogP contribution < -0.4 is 15.6 Å². The van der Waals surface area contributed by atoms with Crippen molar-refractivity contribution in [3.05, 3.63) is 83.7 Å². The molecule has 0 atom stereocenters. The van der Waals surface area contributed by atoms with E-state index in [0.29, 0.717) is 22.6 Å². The molecule has 3 aromatic rings. The Balaban J connectivity index is 1.45. The number of aromatic nitrogens is 1. The smallest absolute Gasteiger partial charge is 0.271 e. The largest absolute Gasteiger partial charge is 0.321 e. The van der Waals surface area contributed by atoms with Gasteiger partial charge < -0.3 is 10.6 Å². The lowest BCUT2D eigenvalue weighted by Crippen LogP contribution is -2.36. The van der Waals surface area contributed by atoms with E-state index < -0.39 is 0 Å². The van der Waals surface area contributed by atoms with E-state index in [1.54, 1.807) is 48.8 Å². The van der Waals surface area contributed by atoms with Crippen molar-refractivity contribution < 1.29 is 14.4 Å². The Bertz CT molecular complexity index is 1240. The van der Waals surface area contributed by atoms with E-state index in [2.05, 4.69) is 20.7 Å². The van der Waals surface area contributed by atoms with Crippen molar-refractivity contribution in [1.82, 2.24) is 4.98 Å². The lowest BCUT2D eigenvalue weighted by Gasteiger charge is -2.24. The summed E-state index contributed by atoms with van der Waals surface area (Å²) in [5, 5.41) is 11.2. The SMILES string of the molecule is Cc1ccc(C)c(N2N=C(C(=O)Nc3ccc(C(=O)Nc4cccnc4)cc3)CCC2=O)c1. The summed E-state index contributed by atoms with van der Waals surface area (Å²) in [5.41, 5.74) is 4.41. The summed E-state index contributed by atoms with van der Waals surface area (Å²) in [6.45, 7) is 3.84. The van der Waals surface area contributed by atoms with Gasteiger partial charge in [-0.3, -0.25) is 19.4 Å². The summed E-state index contributed by atoms with van der Waals surface area (Å²) in [6.07, 6.45) is 3.65. The Kier molecular flexibility index (Phi) is 6.26. The van der Waals surface area contributed by atoms with Crippen LogP contribution in [-0.4, -0.2) is 28.4 Å². The highest BCUT2D eigenvalue weighted by Gasteiger charge is 2.26. The summed E-state index contributed by atoms with van der Waals surface area (Å²) >= 11 is 0. The molecule has 2 N–H and O–H groups in total. The number of pyridine rings is 1. The molecule has 8 heteroatoms. The minimum atomic E-state index is -0.384. The summed E-state index contributed by atoms with van der Waals surface area (Å²) in [6, 6.07) is 15.8. The fourth-order valence-corrected chi connectivity index (χ4v) is 3.40. The third-order valence-corrected chi connectivity index (χ3v) is 5.21. The zero-order valence-corrected chi connectivity index (χ0v) is 18.3. The Morgan fingerprint density at radius 3 is 2.39 bits per heavy atom. The van der Waals surface area contributed by atoms with Crippen LogP contribution in [0.15, 0.2) is 72.1 Å². The number of nitrogens with zero attached hydrogens (tertiary/aromatic N) is 3. The van der Waals surface area contributed by atoms with Gasteiger partial charge in [-0.1, -0.05) is 12.1 Å². The highest BCUT2D eigenvalue weighted by molar-refractivity contribution is 6.44. The third kappa shape index (κ3) is 5.12. The van der Waals surface area contributed by atoms with Gasteiger partial charge in [-0.25, -0.2) is 5.01 Å². The number of nitrogens with one attached hydrogen (secondary N) is 2. The summed E-state index contributed by atoms with van der Waals surface area (Å²) in [5.74, 6) is -0.810. The van der Waals surface area contributed by atoms with Gasteiger partial charge in [0.1, 0.15) is 5.71 Å². The zero-order valence-electron chi connectivity index (χ0n) is 18.3. The molecule has 166 valence electrons. The maximum absolute atomic E-state index is 12.8. The molecule has 1 aliphatic rings. The van der Waals surface area contributed by atoms with Crippen molar-refractivity contribution in [2.45, 2.75) is 26.7 Å². The first-order valence-electron chi connectivity index (χ1n) is 10.5. The fourth-order valence-electron chi connectivity index (χ4n) is 3.40. The van der Waals surface area contributed by atoms with E-state index in [1.165, 1.54) is 5.01 Å².